The highest BCUT2D eigenvalue weighted by Gasteiger charge is 2.36. The van der Waals surface area contributed by atoms with Crippen LogP contribution in [0.2, 0.25) is 0 Å². The number of carboxylic acids is 1. The molecule has 1 aromatic carbocycles. The Labute approximate surface area is 103 Å². The highest BCUT2D eigenvalue weighted by Crippen LogP contribution is 2.21. The van der Waals surface area contributed by atoms with E-state index in [0.717, 1.165) is 0 Å². The molecule has 0 radical (unpaired) electrons. The van der Waals surface area contributed by atoms with Crippen molar-refractivity contribution in [1.82, 2.24) is 4.90 Å². The van der Waals surface area contributed by atoms with Crippen LogP contribution in [0.3, 0.4) is 0 Å². The SMILES string of the molecule is CN1CC(=O)N(c2ccc(F)cc2)C(C(=O)O)C1. The minimum Gasteiger partial charge on any atom is -0.480 e. The number of likely N-dealkylation sites (N-methyl/N-ethyl adjacent to an activating group) is 1. The summed E-state index contributed by atoms with van der Waals surface area (Å²) < 4.78 is 12.8. The molecule has 0 spiro atoms. The van der Waals surface area contributed by atoms with Gasteiger partial charge in [0.2, 0.25) is 5.91 Å². The molecule has 0 bridgehead atoms. The molecule has 6 heteroatoms. The van der Waals surface area contributed by atoms with Crippen LogP contribution >= 0.6 is 0 Å². The van der Waals surface area contributed by atoms with Crippen molar-refractivity contribution in [2.75, 3.05) is 25.0 Å². The van der Waals surface area contributed by atoms with Crippen molar-refractivity contribution in [3.8, 4) is 0 Å². The molecule has 1 amide bonds. The van der Waals surface area contributed by atoms with Crippen LogP contribution in [0.15, 0.2) is 24.3 Å². The predicted molar refractivity (Wildman–Crippen MR) is 62.8 cm³/mol. The van der Waals surface area contributed by atoms with Crippen molar-refractivity contribution in [3.63, 3.8) is 0 Å². The Hall–Kier alpha value is -1.95. The number of carboxylic acid groups (broad SMARTS) is 1. The van der Waals surface area contributed by atoms with Crippen LogP contribution in [0, 0.1) is 5.82 Å². The van der Waals surface area contributed by atoms with Crippen LogP contribution in [0.25, 0.3) is 0 Å². The lowest BCUT2D eigenvalue weighted by atomic mass is 10.1. The van der Waals surface area contributed by atoms with Gasteiger partial charge in [-0.2, -0.15) is 0 Å². The molecule has 1 saturated heterocycles. The summed E-state index contributed by atoms with van der Waals surface area (Å²) in [6, 6.07) is 4.30. The Kier molecular flexibility index (Phi) is 3.29. The third-order valence-electron chi connectivity index (χ3n) is 2.86. The zero-order valence-electron chi connectivity index (χ0n) is 9.84. The summed E-state index contributed by atoms with van der Waals surface area (Å²) in [5, 5.41) is 9.17. The normalized spacial score (nSPS) is 21.1. The van der Waals surface area contributed by atoms with Crippen LogP contribution < -0.4 is 4.90 Å². The molecule has 1 fully saturated rings. The van der Waals surface area contributed by atoms with Gasteiger partial charge in [-0.1, -0.05) is 0 Å². The van der Waals surface area contributed by atoms with Crippen LogP contribution in [0.4, 0.5) is 10.1 Å². The number of hydrogen-bond acceptors (Lipinski definition) is 3. The average molecular weight is 252 g/mol. The van der Waals surface area contributed by atoms with Gasteiger partial charge in [-0.25, -0.2) is 9.18 Å². The van der Waals surface area contributed by atoms with E-state index in [-0.39, 0.29) is 19.0 Å². The topological polar surface area (TPSA) is 60.9 Å². The van der Waals surface area contributed by atoms with Crippen molar-refractivity contribution in [3.05, 3.63) is 30.1 Å². The van der Waals surface area contributed by atoms with Crippen LogP contribution in [0.1, 0.15) is 0 Å². The molecule has 0 aliphatic carbocycles. The summed E-state index contributed by atoms with van der Waals surface area (Å²) >= 11 is 0. The van der Waals surface area contributed by atoms with Gasteiger partial charge in [-0.3, -0.25) is 14.6 Å². The molecule has 0 aromatic heterocycles. The number of rotatable bonds is 2. The van der Waals surface area contributed by atoms with E-state index in [1.54, 1.807) is 11.9 Å². The van der Waals surface area contributed by atoms with Crippen molar-refractivity contribution >= 4 is 17.6 Å². The molecule has 1 atom stereocenters. The fourth-order valence-corrected chi connectivity index (χ4v) is 2.04. The van der Waals surface area contributed by atoms with Gasteiger partial charge in [0.05, 0.1) is 6.54 Å². The Morgan fingerprint density at radius 1 is 1.39 bits per heavy atom. The predicted octanol–water partition coefficient (Wildman–Crippen LogP) is 0.557. The molecule has 2 rings (SSSR count). The fraction of sp³-hybridized carbons (Fsp3) is 0.333. The van der Waals surface area contributed by atoms with Gasteiger partial charge < -0.3 is 5.11 Å². The van der Waals surface area contributed by atoms with Crippen molar-refractivity contribution < 1.29 is 19.1 Å². The fourth-order valence-electron chi connectivity index (χ4n) is 2.04. The van der Waals surface area contributed by atoms with Gasteiger partial charge in [-0.05, 0) is 31.3 Å². The average Bonchev–Trinajstić information content (AvgIpc) is 2.29. The lowest BCUT2D eigenvalue weighted by Gasteiger charge is -2.37. The minimum atomic E-state index is -1.07. The monoisotopic (exact) mass is 252 g/mol. The van der Waals surface area contributed by atoms with Gasteiger partial charge >= 0.3 is 5.97 Å². The first-order valence-electron chi connectivity index (χ1n) is 5.48. The summed E-state index contributed by atoms with van der Waals surface area (Å²) in [5.41, 5.74) is 0.405. The molecule has 1 heterocycles. The molecule has 1 aromatic rings. The maximum atomic E-state index is 12.8. The molecular weight excluding hydrogens is 239 g/mol. The Bertz CT molecular complexity index is 475. The number of carbonyl (C=O) groups excluding carboxylic acids is 1. The lowest BCUT2D eigenvalue weighted by Crippen LogP contribution is -2.58. The number of carbonyl (C=O) groups is 2. The molecule has 1 N–H and O–H groups in total. The van der Waals surface area contributed by atoms with Gasteiger partial charge in [0, 0.05) is 12.2 Å². The van der Waals surface area contributed by atoms with Crippen LogP contribution in [0.5, 0.6) is 0 Å². The number of anilines is 1. The molecule has 5 nitrogen and oxygen atoms in total. The van der Waals surface area contributed by atoms with Crippen LogP contribution in [-0.2, 0) is 9.59 Å². The van der Waals surface area contributed by atoms with Gasteiger partial charge in [0.1, 0.15) is 11.9 Å². The number of aliphatic carboxylic acids is 1. The molecule has 1 aliphatic rings. The summed E-state index contributed by atoms with van der Waals surface area (Å²) in [4.78, 5) is 26.0. The van der Waals surface area contributed by atoms with E-state index in [0.29, 0.717) is 5.69 Å². The van der Waals surface area contributed by atoms with Gasteiger partial charge in [-0.15, -0.1) is 0 Å². The molecule has 1 unspecified atom stereocenters. The number of nitrogens with zero attached hydrogens (tertiary/aromatic N) is 2. The van der Waals surface area contributed by atoms with E-state index < -0.39 is 17.8 Å². The quantitative estimate of drug-likeness (QED) is 0.835. The van der Waals surface area contributed by atoms with Crippen molar-refractivity contribution in [2.45, 2.75) is 6.04 Å². The first-order valence-corrected chi connectivity index (χ1v) is 5.48. The molecule has 1 aliphatic heterocycles. The third kappa shape index (κ3) is 2.33. The van der Waals surface area contributed by atoms with Gasteiger partial charge in [0.15, 0.2) is 0 Å². The molecule has 96 valence electrons. The Morgan fingerprint density at radius 3 is 2.56 bits per heavy atom. The first kappa shape index (κ1) is 12.5. The van der Waals surface area contributed by atoms with E-state index in [2.05, 4.69) is 0 Å². The lowest BCUT2D eigenvalue weighted by molar-refractivity contribution is -0.142. The van der Waals surface area contributed by atoms with E-state index in [1.807, 2.05) is 0 Å². The maximum absolute atomic E-state index is 12.8. The Balaban J connectivity index is 2.35. The second-order valence-electron chi connectivity index (χ2n) is 4.29. The zero-order valence-corrected chi connectivity index (χ0v) is 9.84. The number of hydrogen-bond donors (Lipinski definition) is 1. The van der Waals surface area contributed by atoms with Crippen molar-refractivity contribution in [2.24, 2.45) is 0 Å². The van der Waals surface area contributed by atoms with Gasteiger partial charge in [0.25, 0.3) is 0 Å². The maximum Gasteiger partial charge on any atom is 0.328 e. The van der Waals surface area contributed by atoms with E-state index in [9.17, 15) is 14.0 Å². The number of amides is 1. The van der Waals surface area contributed by atoms with Crippen molar-refractivity contribution in [1.29, 1.82) is 0 Å². The van der Waals surface area contributed by atoms with E-state index in [1.165, 1.54) is 29.2 Å². The second-order valence-corrected chi connectivity index (χ2v) is 4.29. The Morgan fingerprint density at radius 2 is 2.00 bits per heavy atom. The molecule has 0 saturated carbocycles. The smallest absolute Gasteiger partial charge is 0.328 e. The minimum absolute atomic E-state index is 0.154. The summed E-state index contributed by atoms with van der Waals surface area (Å²) in [6.07, 6.45) is 0. The highest BCUT2D eigenvalue weighted by molar-refractivity contribution is 6.01. The largest absolute Gasteiger partial charge is 0.480 e. The summed E-state index contributed by atoms with van der Waals surface area (Å²) in [6.45, 7) is 0.402. The molecular formula is C12H13FN2O3. The molecule has 18 heavy (non-hydrogen) atoms. The number of piperazine rings is 1. The standard InChI is InChI=1S/C12H13FN2O3/c1-14-6-10(12(17)18)15(11(16)7-14)9-4-2-8(13)3-5-9/h2-5,10H,6-7H2,1H3,(H,17,18). The number of benzene rings is 1. The summed E-state index contributed by atoms with van der Waals surface area (Å²) in [7, 11) is 1.69. The van der Waals surface area contributed by atoms with E-state index >= 15 is 0 Å². The highest BCUT2D eigenvalue weighted by atomic mass is 19.1. The van der Waals surface area contributed by atoms with Crippen LogP contribution in [-0.4, -0.2) is 48.1 Å². The van der Waals surface area contributed by atoms with E-state index in [4.69, 9.17) is 5.11 Å². The first-order chi connectivity index (χ1) is 8.49. The third-order valence-corrected chi connectivity index (χ3v) is 2.86. The zero-order chi connectivity index (χ0) is 13.3. The summed E-state index contributed by atoms with van der Waals surface area (Å²) in [5.74, 6) is -1.80. The number of halogens is 1. The second kappa shape index (κ2) is 4.73.